The number of benzene rings is 1. The third-order valence-corrected chi connectivity index (χ3v) is 14.1. The van der Waals surface area contributed by atoms with Crippen LogP contribution in [0.2, 0.25) is 0 Å². The van der Waals surface area contributed by atoms with E-state index < -0.39 is 98.8 Å². The van der Waals surface area contributed by atoms with Crippen molar-refractivity contribution in [2.24, 2.45) is 23.5 Å². The predicted molar refractivity (Wildman–Crippen MR) is 210 cm³/mol. The number of pyridine rings is 1. The number of amides is 5. The van der Waals surface area contributed by atoms with Crippen LogP contribution in [0.3, 0.4) is 0 Å². The Morgan fingerprint density at radius 3 is 2.43 bits per heavy atom. The van der Waals surface area contributed by atoms with Crippen LogP contribution in [0.5, 0.6) is 11.6 Å². The van der Waals surface area contributed by atoms with Crippen molar-refractivity contribution < 1.29 is 60.1 Å². The molecular weight excluding hydrogens is 814 g/mol. The van der Waals surface area contributed by atoms with E-state index in [1.165, 1.54) is 19.4 Å². The second kappa shape index (κ2) is 16.4. The van der Waals surface area contributed by atoms with Crippen LogP contribution >= 0.6 is 0 Å². The zero-order chi connectivity index (χ0) is 44.1. The molecule has 0 bridgehead atoms. The Morgan fingerprint density at radius 2 is 1.83 bits per heavy atom. The number of aromatic nitrogens is 1. The number of rotatable bonds is 10. The number of ether oxygens (including phenoxy) is 2. The molecule has 0 unspecified atom stereocenters. The van der Waals surface area contributed by atoms with Gasteiger partial charge in [-0.2, -0.15) is 13.2 Å². The van der Waals surface area contributed by atoms with Gasteiger partial charge in [0.25, 0.3) is 11.8 Å². The van der Waals surface area contributed by atoms with Crippen molar-refractivity contribution in [2.45, 2.75) is 120 Å². The number of methoxy groups -OCH3 is 1. The lowest BCUT2D eigenvalue weighted by atomic mass is 9.82. The third-order valence-electron chi connectivity index (χ3n) is 12.3. The van der Waals surface area contributed by atoms with E-state index in [4.69, 9.17) is 15.2 Å². The Labute approximate surface area is 345 Å². The molecule has 0 radical (unpaired) electrons. The highest BCUT2D eigenvalue weighted by molar-refractivity contribution is 7.91. The molecule has 2 saturated carbocycles. The number of carbonyl (C=O) groups excluding carboxylic acids is 4. The smallest absolute Gasteiger partial charge is 0.411 e. The Hall–Kier alpha value is -5.14. The molecule has 6 rings (SSSR count). The van der Waals surface area contributed by atoms with Crippen molar-refractivity contribution in [3.05, 3.63) is 42.1 Å². The monoisotopic (exact) mass is 864 g/mol. The summed E-state index contributed by atoms with van der Waals surface area (Å²) in [6, 6.07) is 1.19. The predicted octanol–water partition coefficient (Wildman–Crippen LogP) is 4.27. The maximum atomic E-state index is 15.1. The van der Waals surface area contributed by atoms with Crippen molar-refractivity contribution in [1.29, 1.82) is 0 Å². The number of nitrogens with zero attached hydrogens (tertiary/aromatic N) is 3. The first kappa shape index (κ1) is 44.4. The molecule has 5 amide bonds. The number of carboxylic acid groups (broad SMARTS) is 1. The molecule has 0 spiro atoms. The number of nitrogens with one attached hydrogen (secondary N) is 2. The summed E-state index contributed by atoms with van der Waals surface area (Å²) in [5, 5.41) is 13.1. The van der Waals surface area contributed by atoms with Gasteiger partial charge >= 0.3 is 12.3 Å². The number of fused-ring (bicyclic) bond motifs is 3. The second-order valence-corrected chi connectivity index (χ2v) is 18.8. The molecular formula is C40H51F3N6O10S. The average Bonchev–Trinajstić information content (AvgIpc) is 4.10. The first-order valence-corrected chi connectivity index (χ1v) is 21.5. The first-order chi connectivity index (χ1) is 28.1. The van der Waals surface area contributed by atoms with Crippen LogP contribution in [0.4, 0.5) is 18.0 Å². The molecule has 328 valence electrons. The summed E-state index contributed by atoms with van der Waals surface area (Å²) < 4.78 is 84.0. The summed E-state index contributed by atoms with van der Waals surface area (Å²) in [4.78, 5) is 74.4. The van der Waals surface area contributed by atoms with Crippen molar-refractivity contribution in [3.8, 4) is 11.6 Å². The van der Waals surface area contributed by atoms with Gasteiger partial charge in [-0.15, -0.1) is 0 Å². The molecule has 7 atom stereocenters. The number of sulfonamides is 1. The summed E-state index contributed by atoms with van der Waals surface area (Å²) in [6.45, 7) is 4.42. The van der Waals surface area contributed by atoms with Crippen LogP contribution in [0.25, 0.3) is 10.8 Å². The highest BCUT2D eigenvalue weighted by Crippen LogP contribution is 2.47. The van der Waals surface area contributed by atoms with Gasteiger partial charge in [0.15, 0.2) is 0 Å². The molecule has 16 nitrogen and oxygen atoms in total. The van der Waals surface area contributed by atoms with Crippen molar-refractivity contribution in [2.75, 3.05) is 13.7 Å². The standard InChI is InChI=1S/C40H51F3N6O10S/c1-6-22-15-21(2)9-7-8-10-23-18-39(23,36(53)47-60(56,57)26-12-13-26)46-33(51)30-17-25(20-48(30)35(52)31(22)49(37(54)55)38(3,4)40(41,42)43)59-34-27-14-11-24(58-5)16-28(27)29(19-45-34)32(44)50/h8,10-11,14,16,19,21-23,25-26,30-31H,6-7,9,12-13,15,17-18,20H2,1-5H3,(H2,44,50)(H,46,51)(H,47,53)(H,54,55)/b10-8-/t21-,22-,23-,25-,30+,31+,39-/m1/s1. The average molecular weight is 865 g/mol. The van der Waals surface area contributed by atoms with Gasteiger partial charge in [0.2, 0.25) is 27.7 Å². The minimum Gasteiger partial charge on any atom is -0.497 e. The zero-order valence-corrected chi connectivity index (χ0v) is 34.8. The van der Waals surface area contributed by atoms with Gasteiger partial charge in [-0.25, -0.2) is 18.2 Å². The molecule has 2 aromatic rings. The SMILES string of the molecule is CC[C@@H]1C[C@H](C)CC/C=C\[C@@H]2C[C@@]2(C(=O)NS(=O)(=O)C2CC2)NC(=O)[C@@H]2C[C@@H](Oc3ncc(C(N)=O)c4cc(OC)ccc34)CN2C(=O)[C@H]1N(C(=O)O)C(C)(C)C(F)(F)F. The maximum Gasteiger partial charge on any atom is 0.411 e. The van der Waals surface area contributed by atoms with Crippen LogP contribution in [0.15, 0.2) is 36.5 Å². The lowest BCUT2D eigenvalue weighted by Gasteiger charge is -2.46. The summed E-state index contributed by atoms with van der Waals surface area (Å²) in [5.41, 5.74) is 0.835. The molecule has 20 heteroatoms. The van der Waals surface area contributed by atoms with Gasteiger partial charge in [-0.1, -0.05) is 32.4 Å². The first-order valence-electron chi connectivity index (χ1n) is 19.9. The van der Waals surface area contributed by atoms with Crippen LogP contribution < -0.4 is 25.2 Å². The number of allylic oxidation sites excluding steroid dienone is 1. The fourth-order valence-corrected chi connectivity index (χ4v) is 9.81. The highest BCUT2D eigenvalue weighted by Gasteiger charge is 2.63. The summed E-state index contributed by atoms with van der Waals surface area (Å²) in [6.07, 6.45) is -1.88. The van der Waals surface area contributed by atoms with Crippen molar-refractivity contribution in [1.82, 2.24) is 24.8 Å². The van der Waals surface area contributed by atoms with E-state index in [-0.39, 0.29) is 47.9 Å². The third kappa shape index (κ3) is 8.56. The number of primary amides is 1. The maximum absolute atomic E-state index is 15.1. The molecule has 4 aliphatic rings. The summed E-state index contributed by atoms with van der Waals surface area (Å²) in [7, 11) is -2.63. The van der Waals surface area contributed by atoms with E-state index in [9.17, 15) is 45.9 Å². The van der Waals surface area contributed by atoms with Crippen LogP contribution in [-0.4, -0.2) is 112 Å². The topological polar surface area (TPSA) is 228 Å². The Kier molecular flexibility index (Phi) is 12.1. The van der Waals surface area contributed by atoms with Crippen LogP contribution in [-0.2, 0) is 24.4 Å². The van der Waals surface area contributed by atoms with E-state index in [0.717, 1.165) is 4.90 Å². The molecule has 2 aliphatic carbocycles. The van der Waals surface area contributed by atoms with E-state index in [1.807, 2.05) is 6.92 Å². The second-order valence-electron chi connectivity index (χ2n) is 16.9. The lowest BCUT2D eigenvalue weighted by molar-refractivity contribution is -0.222. The van der Waals surface area contributed by atoms with E-state index in [2.05, 4.69) is 15.0 Å². The number of alkyl halides is 3. The largest absolute Gasteiger partial charge is 0.497 e. The summed E-state index contributed by atoms with van der Waals surface area (Å²) in [5.74, 6) is -5.23. The molecule has 1 aromatic carbocycles. The van der Waals surface area contributed by atoms with Gasteiger partial charge in [0.1, 0.15) is 35.0 Å². The van der Waals surface area contributed by atoms with E-state index >= 15 is 4.79 Å². The minimum absolute atomic E-state index is 0.0239. The van der Waals surface area contributed by atoms with Crippen molar-refractivity contribution in [3.63, 3.8) is 0 Å². The Bertz CT molecular complexity index is 2200. The van der Waals surface area contributed by atoms with E-state index in [1.54, 1.807) is 31.2 Å². The fourth-order valence-electron chi connectivity index (χ4n) is 8.44. The highest BCUT2D eigenvalue weighted by atomic mass is 32.2. The molecule has 1 saturated heterocycles. The quantitative estimate of drug-likeness (QED) is 0.247. The van der Waals surface area contributed by atoms with E-state index in [0.29, 0.717) is 56.1 Å². The zero-order valence-electron chi connectivity index (χ0n) is 34.0. The molecule has 3 fully saturated rings. The lowest BCUT2D eigenvalue weighted by Crippen LogP contribution is -2.66. The number of carbonyl (C=O) groups is 5. The Balaban J connectivity index is 1.45. The fraction of sp³-hybridized carbons (Fsp3) is 0.600. The molecule has 2 aliphatic heterocycles. The summed E-state index contributed by atoms with van der Waals surface area (Å²) >= 11 is 0. The molecule has 5 N–H and O–H groups in total. The number of hydrogen-bond acceptors (Lipinski definition) is 10. The van der Waals surface area contributed by atoms with Crippen LogP contribution in [0, 0.1) is 17.8 Å². The Morgan fingerprint density at radius 1 is 1.13 bits per heavy atom. The molecule has 60 heavy (non-hydrogen) atoms. The van der Waals surface area contributed by atoms with Crippen LogP contribution in [0.1, 0.15) is 89.4 Å². The minimum atomic E-state index is -5.13. The number of halogens is 3. The normalized spacial score (nSPS) is 28.3. The number of hydrogen-bond donors (Lipinski definition) is 4. The van der Waals surface area contributed by atoms with Gasteiger partial charge in [0, 0.05) is 29.3 Å². The van der Waals surface area contributed by atoms with Crippen molar-refractivity contribution >= 4 is 50.5 Å². The van der Waals surface area contributed by atoms with Gasteiger partial charge in [-0.05, 0) is 82.4 Å². The van der Waals surface area contributed by atoms with Gasteiger partial charge in [-0.3, -0.25) is 28.8 Å². The molecule has 3 heterocycles. The van der Waals surface area contributed by atoms with Gasteiger partial charge < -0.3 is 30.5 Å². The van der Waals surface area contributed by atoms with Gasteiger partial charge in [0.05, 0.1) is 24.5 Å². The number of nitrogens with two attached hydrogens (primary N) is 1. The molecule has 1 aromatic heterocycles.